The van der Waals surface area contributed by atoms with Crippen LogP contribution in [0.3, 0.4) is 0 Å². The molecule has 0 unspecified atom stereocenters. The van der Waals surface area contributed by atoms with Crippen LogP contribution in [-0.4, -0.2) is 11.7 Å². The van der Waals surface area contributed by atoms with Crippen molar-refractivity contribution >= 4 is 0 Å². The predicted molar refractivity (Wildman–Crippen MR) is 94.7 cm³/mol. The van der Waals surface area contributed by atoms with Crippen LogP contribution in [0.15, 0.2) is 66.7 Å². The molecule has 0 aliphatic heterocycles. The van der Waals surface area contributed by atoms with Gasteiger partial charge in [0.2, 0.25) is 0 Å². The first-order valence-corrected chi connectivity index (χ1v) is 8.23. The van der Waals surface area contributed by atoms with Crippen molar-refractivity contribution in [2.45, 2.75) is 19.3 Å². The molecule has 0 fully saturated rings. The fraction of sp³-hybridized carbons (Fsp3) is 0.182. The lowest BCUT2D eigenvalue weighted by Crippen LogP contribution is -2.03. The fourth-order valence-corrected chi connectivity index (χ4v) is 3.73. The minimum Gasteiger partial charge on any atom is -0.396 e. The topological polar surface area (TPSA) is 20.2 Å². The van der Waals surface area contributed by atoms with Crippen molar-refractivity contribution in [2.24, 2.45) is 0 Å². The van der Waals surface area contributed by atoms with E-state index in [9.17, 15) is 5.11 Å². The predicted octanol–water partition coefficient (Wildman–Crippen LogP) is 4.38. The van der Waals surface area contributed by atoms with Gasteiger partial charge in [0.05, 0.1) is 0 Å². The average Bonchev–Trinajstić information content (AvgIpc) is 2.97. The van der Waals surface area contributed by atoms with Gasteiger partial charge >= 0.3 is 0 Å². The molecule has 0 spiro atoms. The second kappa shape index (κ2) is 6.02. The first kappa shape index (κ1) is 14.2. The maximum Gasteiger partial charge on any atom is 0.0471 e. The molecule has 1 aliphatic carbocycles. The Morgan fingerprint density at radius 3 is 2.39 bits per heavy atom. The second-order valence-corrected chi connectivity index (χ2v) is 6.20. The Morgan fingerprint density at radius 2 is 1.57 bits per heavy atom. The lowest BCUT2D eigenvalue weighted by Gasteiger charge is -2.14. The van der Waals surface area contributed by atoms with Gasteiger partial charge in [-0.25, -0.2) is 0 Å². The van der Waals surface area contributed by atoms with Crippen LogP contribution in [0.5, 0.6) is 0 Å². The van der Waals surface area contributed by atoms with Crippen LogP contribution in [0, 0.1) is 0 Å². The molecule has 1 aliphatic rings. The largest absolute Gasteiger partial charge is 0.396 e. The van der Waals surface area contributed by atoms with Gasteiger partial charge in [0, 0.05) is 6.61 Å². The molecule has 1 N–H and O–H groups in total. The number of aliphatic hydroxyl groups is 1. The molecule has 1 nitrogen and oxygen atoms in total. The van der Waals surface area contributed by atoms with Crippen molar-refractivity contribution in [2.75, 3.05) is 6.61 Å². The molecule has 4 rings (SSSR count). The molecule has 0 saturated heterocycles. The van der Waals surface area contributed by atoms with E-state index in [-0.39, 0.29) is 6.61 Å². The molecule has 1 heteroatoms. The number of hydrogen-bond donors (Lipinski definition) is 1. The normalized spacial score (nSPS) is 12.0. The molecule has 0 amide bonds. The van der Waals surface area contributed by atoms with Crippen LogP contribution in [0.4, 0.5) is 0 Å². The van der Waals surface area contributed by atoms with Gasteiger partial charge in [0.25, 0.3) is 0 Å². The maximum absolute atomic E-state index is 9.56. The standard InChI is InChI=1S/C22H20O/c23-13-12-20-18(14-16-6-2-1-3-7-16)10-11-21-19-9-5-4-8-17(19)15-22(20)21/h1-11,23H,12-15H2. The zero-order chi connectivity index (χ0) is 15.6. The van der Waals surface area contributed by atoms with Crippen LogP contribution in [0.25, 0.3) is 11.1 Å². The summed E-state index contributed by atoms with van der Waals surface area (Å²) in [6.45, 7) is 0.203. The van der Waals surface area contributed by atoms with E-state index in [1.807, 2.05) is 0 Å². The summed E-state index contributed by atoms with van der Waals surface area (Å²) in [5.41, 5.74) is 9.52. The van der Waals surface area contributed by atoms with Crippen LogP contribution in [0.2, 0.25) is 0 Å². The summed E-state index contributed by atoms with van der Waals surface area (Å²) in [4.78, 5) is 0. The van der Waals surface area contributed by atoms with Gasteiger partial charge < -0.3 is 5.11 Å². The number of aliphatic hydroxyl groups excluding tert-OH is 1. The third-order valence-corrected chi connectivity index (χ3v) is 4.80. The third kappa shape index (κ3) is 2.58. The average molecular weight is 300 g/mol. The summed E-state index contributed by atoms with van der Waals surface area (Å²) in [5, 5.41) is 9.56. The van der Waals surface area contributed by atoms with E-state index in [1.54, 1.807) is 0 Å². The summed E-state index contributed by atoms with van der Waals surface area (Å²) >= 11 is 0. The van der Waals surface area contributed by atoms with E-state index >= 15 is 0 Å². The Hall–Kier alpha value is -2.38. The summed E-state index contributed by atoms with van der Waals surface area (Å²) in [6, 6.07) is 23.7. The van der Waals surface area contributed by atoms with Crippen molar-refractivity contribution in [1.82, 2.24) is 0 Å². The first-order valence-electron chi connectivity index (χ1n) is 8.23. The first-order chi connectivity index (χ1) is 11.4. The van der Waals surface area contributed by atoms with Crippen molar-refractivity contribution in [1.29, 1.82) is 0 Å². The van der Waals surface area contributed by atoms with Crippen LogP contribution < -0.4 is 0 Å². The minimum absolute atomic E-state index is 0.203. The Kier molecular flexibility index (Phi) is 3.72. The molecule has 23 heavy (non-hydrogen) atoms. The van der Waals surface area contributed by atoms with E-state index in [4.69, 9.17) is 0 Å². The molecule has 0 aromatic heterocycles. The highest BCUT2D eigenvalue weighted by Crippen LogP contribution is 2.39. The summed E-state index contributed by atoms with van der Waals surface area (Å²) in [7, 11) is 0. The molecule has 0 radical (unpaired) electrons. The van der Waals surface area contributed by atoms with Gasteiger partial charge in [-0.3, -0.25) is 0 Å². The van der Waals surface area contributed by atoms with Crippen LogP contribution >= 0.6 is 0 Å². The summed E-state index contributed by atoms with van der Waals surface area (Å²) in [6.07, 6.45) is 2.66. The van der Waals surface area contributed by atoms with Crippen molar-refractivity contribution in [3.8, 4) is 11.1 Å². The Bertz CT molecular complexity index is 834. The second-order valence-electron chi connectivity index (χ2n) is 6.20. The molecule has 3 aromatic carbocycles. The lowest BCUT2D eigenvalue weighted by atomic mass is 9.91. The van der Waals surface area contributed by atoms with Gasteiger partial charge in [-0.2, -0.15) is 0 Å². The third-order valence-electron chi connectivity index (χ3n) is 4.80. The Morgan fingerprint density at radius 1 is 0.783 bits per heavy atom. The number of rotatable bonds is 4. The number of hydrogen-bond acceptors (Lipinski definition) is 1. The lowest BCUT2D eigenvalue weighted by molar-refractivity contribution is 0.299. The highest BCUT2D eigenvalue weighted by molar-refractivity contribution is 5.78. The fourth-order valence-electron chi connectivity index (χ4n) is 3.73. The number of benzene rings is 3. The molecular weight excluding hydrogens is 280 g/mol. The zero-order valence-corrected chi connectivity index (χ0v) is 13.1. The highest BCUT2D eigenvalue weighted by atomic mass is 16.2. The molecule has 0 saturated carbocycles. The quantitative estimate of drug-likeness (QED) is 0.593. The monoisotopic (exact) mass is 300 g/mol. The highest BCUT2D eigenvalue weighted by Gasteiger charge is 2.22. The zero-order valence-electron chi connectivity index (χ0n) is 13.1. The van der Waals surface area contributed by atoms with E-state index in [2.05, 4.69) is 66.7 Å². The van der Waals surface area contributed by atoms with E-state index in [1.165, 1.54) is 38.9 Å². The van der Waals surface area contributed by atoms with Gasteiger partial charge in [-0.15, -0.1) is 0 Å². The van der Waals surface area contributed by atoms with Gasteiger partial charge in [-0.05, 0) is 58.2 Å². The Labute approximate surface area is 137 Å². The molecular formula is C22H20O. The van der Waals surface area contributed by atoms with Crippen molar-refractivity contribution < 1.29 is 5.11 Å². The maximum atomic E-state index is 9.56. The van der Waals surface area contributed by atoms with Crippen LogP contribution in [0.1, 0.15) is 27.8 Å². The van der Waals surface area contributed by atoms with E-state index < -0.39 is 0 Å². The van der Waals surface area contributed by atoms with Crippen LogP contribution in [-0.2, 0) is 19.3 Å². The minimum atomic E-state index is 0.203. The van der Waals surface area contributed by atoms with E-state index in [0.29, 0.717) is 0 Å². The molecule has 3 aromatic rings. The molecule has 114 valence electrons. The van der Waals surface area contributed by atoms with Gasteiger partial charge in [0.15, 0.2) is 0 Å². The van der Waals surface area contributed by atoms with Crippen molar-refractivity contribution in [3.63, 3.8) is 0 Å². The van der Waals surface area contributed by atoms with Crippen molar-refractivity contribution in [3.05, 3.63) is 94.5 Å². The number of fused-ring (bicyclic) bond motifs is 3. The molecule has 0 heterocycles. The molecule has 0 bridgehead atoms. The van der Waals surface area contributed by atoms with E-state index in [0.717, 1.165) is 19.3 Å². The summed E-state index contributed by atoms with van der Waals surface area (Å²) in [5.74, 6) is 0. The summed E-state index contributed by atoms with van der Waals surface area (Å²) < 4.78 is 0. The smallest absolute Gasteiger partial charge is 0.0471 e. The SMILES string of the molecule is OCCc1c(Cc2ccccc2)ccc2c1Cc1ccccc1-2. The van der Waals surface area contributed by atoms with Gasteiger partial charge in [0.1, 0.15) is 0 Å². The molecule has 0 atom stereocenters. The van der Waals surface area contributed by atoms with Gasteiger partial charge in [-0.1, -0.05) is 66.7 Å². The Balaban J connectivity index is 1.79.